The molecule has 0 aliphatic carbocycles. The maximum atomic E-state index is 11.6. The van der Waals surface area contributed by atoms with Gasteiger partial charge in [0.25, 0.3) is 5.97 Å². The molecule has 0 bridgehead atoms. The minimum absolute atomic E-state index is 0.0168. The van der Waals surface area contributed by atoms with Crippen molar-refractivity contribution >= 4 is 14.3 Å². The van der Waals surface area contributed by atoms with E-state index in [2.05, 4.69) is 55.5 Å². The second kappa shape index (κ2) is 19.0. The summed E-state index contributed by atoms with van der Waals surface area (Å²) < 4.78 is 5.45. The molecule has 0 unspecified atom stereocenters. The average Bonchev–Trinajstić information content (AvgIpc) is 2.62. The van der Waals surface area contributed by atoms with E-state index >= 15 is 0 Å². The van der Waals surface area contributed by atoms with Gasteiger partial charge in [-0.3, -0.25) is 4.79 Å². The van der Waals surface area contributed by atoms with Crippen molar-refractivity contribution in [2.45, 2.75) is 104 Å². The first-order valence-corrected chi connectivity index (χ1v) is 14.7. The molecule has 3 heteroatoms. The van der Waals surface area contributed by atoms with Gasteiger partial charge in [-0.1, -0.05) is 74.8 Å². The Hall–Kier alpha value is -1.35. The van der Waals surface area contributed by atoms with E-state index in [1.165, 1.54) is 25.7 Å². The molecule has 0 N–H and O–H groups in total. The summed E-state index contributed by atoms with van der Waals surface area (Å²) in [7, 11) is -1.71. The number of unbranched alkanes of at least 4 members (excludes halogenated alkanes) is 6. The van der Waals surface area contributed by atoms with Gasteiger partial charge in [-0.2, -0.15) is 0 Å². The Morgan fingerprint density at radius 1 is 0.679 bits per heavy atom. The van der Waals surface area contributed by atoms with Crippen molar-refractivity contribution < 1.29 is 9.22 Å². The SMILES string of the molecule is CCCCC/C=C\C/C=C\C/C=C\C/C=C\CCCCCC(=O)O[Si](C)(C)C. The second-order valence-corrected chi connectivity index (χ2v) is 12.7. The molecule has 0 aromatic heterocycles. The van der Waals surface area contributed by atoms with E-state index in [1.54, 1.807) is 0 Å². The van der Waals surface area contributed by atoms with Crippen LogP contribution in [0.15, 0.2) is 48.6 Å². The van der Waals surface area contributed by atoms with Crippen molar-refractivity contribution in [3.8, 4) is 0 Å². The van der Waals surface area contributed by atoms with Crippen LogP contribution < -0.4 is 0 Å². The summed E-state index contributed by atoms with van der Waals surface area (Å²) in [4.78, 5) is 11.6. The molecule has 0 aliphatic rings. The van der Waals surface area contributed by atoms with Crippen molar-refractivity contribution in [3.05, 3.63) is 48.6 Å². The third kappa shape index (κ3) is 22.7. The maximum absolute atomic E-state index is 11.6. The van der Waals surface area contributed by atoms with Gasteiger partial charge in [-0.25, -0.2) is 0 Å². The molecule has 160 valence electrons. The fraction of sp³-hybridized carbons (Fsp3) is 0.640. The highest BCUT2D eigenvalue weighted by Crippen LogP contribution is 2.09. The largest absolute Gasteiger partial charge is 0.520 e. The molecule has 0 aliphatic heterocycles. The third-order valence-electron chi connectivity index (χ3n) is 4.13. The summed E-state index contributed by atoms with van der Waals surface area (Å²) in [5.74, 6) is -0.0168. The highest BCUT2D eigenvalue weighted by Gasteiger charge is 2.19. The van der Waals surface area contributed by atoms with Crippen molar-refractivity contribution in [3.63, 3.8) is 0 Å². The number of allylic oxidation sites excluding steroid dienone is 8. The molecule has 0 radical (unpaired) electrons. The molecule has 0 rings (SSSR count). The highest BCUT2D eigenvalue weighted by atomic mass is 28.4. The van der Waals surface area contributed by atoms with Crippen molar-refractivity contribution in [2.24, 2.45) is 0 Å². The second-order valence-electron chi connectivity index (χ2n) is 8.27. The Morgan fingerprint density at radius 3 is 1.61 bits per heavy atom. The van der Waals surface area contributed by atoms with E-state index in [1.807, 2.05) is 19.6 Å². The van der Waals surface area contributed by atoms with Gasteiger partial charge in [0.15, 0.2) is 0 Å². The van der Waals surface area contributed by atoms with Crippen LogP contribution in [-0.2, 0) is 9.22 Å². The molecule has 0 amide bonds. The first kappa shape index (κ1) is 26.6. The van der Waals surface area contributed by atoms with Crippen LogP contribution in [0.5, 0.6) is 0 Å². The Morgan fingerprint density at radius 2 is 1.14 bits per heavy atom. The van der Waals surface area contributed by atoms with Crippen LogP contribution in [0.3, 0.4) is 0 Å². The van der Waals surface area contributed by atoms with Gasteiger partial charge < -0.3 is 4.43 Å². The lowest BCUT2D eigenvalue weighted by Gasteiger charge is -2.17. The lowest BCUT2D eigenvalue weighted by atomic mass is 10.1. The highest BCUT2D eigenvalue weighted by molar-refractivity contribution is 6.71. The number of hydrogen-bond acceptors (Lipinski definition) is 2. The number of rotatable bonds is 17. The summed E-state index contributed by atoms with van der Waals surface area (Å²) in [5, 5.41) is 0. The molecule has 28 heavy (non-hydrogen) atoms. The summed E-state index contributed by atoms with van der Waals surface area (Å²) in [6.45, 7) is 8.39. The number of carbonyl (C=O) groups excluding carboxylic acids is 1. The molecule has 0 aromatic carbocycles. The van der Waals surface area contributed by atoms with Gasteiger partial charge in [0, 0.05) is 6.42 Å². The quantitative estimate of drug-likeness (QED) is 0.138. The average molecular weight is 405 g/mol. The van der Waals surface area contributed by atoms with E-state index in [9.17, 15) is 4.79 Å². The zero-order valence-electron chi connectivity index (χ0n) is 18.9. The van der Waals surface area contributed by atoms with E-state index in [0.29, 0.717) is 6.42 Å². The molecular weight excluding hydrogens is 360 g/mol. The molecule has 0 saturated carbocycles. The van der Waals surface area contributed by atoms with Crippen LogP contribution in [-0.4, -0.2) is 14.3 Å². The minimum Gasteiger partial charge on any atom is -0.520 e. The first-order valence-electron chi connectivity index (χ1n) is 11.3. The fourth-order valence-electron chi connectivity index (χ4n) is 2.66. The van der Waals surface area contributed by atoms with E-state index in [0.717, 1.165) is 44.9 Å². The van der Waals surface area contributed by atoms with Gasteiger partial charge in [0.1, 0.15) is 0 Å². The number of hydrogen-bond donors (Lipinski definition) is 0. The Kier molecular flexibility index (Phi) is 18.1. The minimum atomic E-state index is -1.71. The fourth-order valence-corrected chi connectivity index (χ4v) is 3.45. The molecule has 0 fully saturated rings. The first-order chi connectivity index (χ1) is 13.5. The van der Waals surface area contributed by atoms with Gasteiger partial charge in [0.05, 0.1) is 0 Å². The molecular formula is C25H44O2Si. The molecule has 2 nitrogen and oxygen atoms in total. The van der Waals surface area contributed by atoms with Crippen LogP contribution >= 0.6 is 0 Å². The Balaban J connectivity index is 3.47. The lowest BCUT2D eigenvalue weighted by Crippen LogP contribution is -2.28. The topological polar surface area (TPSA) is 26.3 Å². The molecule has 0 heterocycles. The Labute approximate surface area is 176 Å². The van der Waals surface area contributed by atoms with Crippen LogP contribution in [0.1, 0.15) is 84.0 Å². The van der Waals surface area contributed by atoms with Crippen molar-refractivity contribution in [1.82, 2.24) is 0 Å². The standard InChI is InChI=1S/C25H44O2Si/c1-5-6-7-8-9-10-11-12-13-14-15-16-17-18-19-20-21-22-23-24-25(26)27-28(2,3)4/h9-10,12-13,15-16,18-19H,5-8,11,14,17,20-24H2,1-4H3/b10-9-,13-12-,16-15-,19-18-. The van der Waals surface area contributed by atoms with Crippen LogP contribution in [0.4, 0.5) is 0 Å². The van der Waals surface area contributed by atoms with Crippen LogP contribution in [0.2, 0.25) is 19.6 Å². The molecule has 0 aromatic rings. The summed E-state index contributed by atoms with van der Waals surface area (Å²) in [5.41, 5.74) is 0. The lowest BCUT2D eigenvalue weighted by molar-refractivity contribution is -0.135. The van der Waals surface area contributed by atoms with Crippen molar-refractivity contribution in [2.75, 3.05) is 0 Å². The van der Waals surface area contributed by atoms with Crippen LogP contribution in [0, 0.1) is 0 Å². The van der Waals surface area contributed by atoms with Crippen LogP contribution in [0.25, 0.3) is 0 Å². The zero-order valence-corrected chi connectivity index (χ0v) is 19.9. The zero-order chi connectivity index (χ0) is 20.9. The molecule has 0 saturated heterocycles. The third-order valence-corrected chi connectivity index (χ3v) is 4.97. The maximum Gasteiger partial charge on any atom is 0.292 e. The normalized spacial score (nSPS) is 12.9. The van der Waals surface area contributed by atoms with Crippen molar-refractivity contribution in [1.29, 1.82) is 0 Å². The summed E-state index contributed by atoms with van der Waals surface area (Å²) in [6.07, 6.45) is 31.1. The molecule has 0 atom stereocenters. The monoisotopic (exact) mass is 404 g/mol. The summed E-state index contributed by atoms with van der Waals surface area (Å²) >= 11 is 0. The summed E-state index contributed by atoms with van der Waals surface area (Å²) in [6, 6.07) is 0. The smallest absolute Gasteiger partial charge is 0.292 e. The van der Waals surface area contributed by atoms with Gasteiger partial charge in [-0.15, -0.1) is 0 Å². The van der Waals surface area contributed by atoms with E-state index < -0.39 is 8.32 Å². The molecule has 0 spiro atoms. The van der Waals surface area contributed by atoms with Gasteiger partial charge in [0.2, 0.25) is 8.32 Å². The predicted octanol–water partition coefficient (Wildman–Crippen LogP) is 8.29. The predicted molar refractivity (Wildman–Crippen MR) is 127 cm³/mol. The van der Waals surface area contributed by atoms with E-state index in [-0.39, 0.29) is 5.97 Å². The van der Waals surface area contributed by atoms with E-state index in [4.69, 9.17) is 4.43 Å². The Bertz CT molecular complexity index is 481. The van der Waals surface area contributed by atoms with Gasteiger partial charge >= 0.3 is 0 Å². The van der Waals surface area contributed by atoms with Gasteiger partial charge in [-0.05, 0) is 71.0 Å². The number of carbonyl (C=O) groups is 1.